The molecule has 0 aliphatic carbocycles. The quantitative estimate of drug-likeness (QED) is 0.664. The van der Waals surface area contributed by atoms with E-state index in [0.29, 0.717) is 0 Å². The van der Waals surface area contributed by atoms with E-state index in [2.05, 4.69) is 65.5 Å². The van der Waals surface area contributed by atoms with Gasteiger partial charge < -0.3 is 14.3 Å². The Balaban J connectivity index is 1.44. The maximum absolute atomic E-state index is 5.68. The van der Waals surface area contributed by atoms with Gasteiger partial charge in [-0.1, -0.05) is 25.1 Å². The number of nitrogens with zero attached hydrogens (tertiary/aromatic N) is 1. The zero-order valence-electron chi connectivity index (χ0n) is 12.5. The van der Waals surface area contributed by atoms with Gasteiger partial charge in [0.15, 0.2) is 0 Å². The normalized spacial score (nSPS) is 11.3. The first-order chi connectivity index (χ1) is 10.4. The Kier molecular flexibility index (Phi) is 4.41. The molecule has 0 fully saturated rings. The molecule has 21 heavy (non-hydrogen) atoms. The van der Waals surface area contributed by atoms with Crippen molar-refractivity contribution in [1.82, 2.24) is 9.88 Å². The molecule has 0 saturated carbocycles. The fourth-order valence-electron chi connectivity index (χ4n) is 2.63. The number of aromatic nitrogens is 1. The lowest BCUT2D eigenvalue weighted by Gasteiger charge is -2.06. The number of furan rings is 1. The lowest BCUT2D eigenvalue weighted by atomic mass is 10.2. The molecule has 0 radical (unpaired) electrons. The minimum atomic E-state index is 0.812. The molecule has 3 aromatic rings. The molecule has 3 heteroatoms. The van der Waals surface area contributed by atoms with Crippen LogP contribution in [0.25, 0.3) is 10.9 Å². The highest BCUT2D eigenvalue weighted by Crippen LogP contribution is 2.15. The highest BCUT2D eigenvalue weighted by molar-refractivity contribution is 5.79. The van der Waals surface area contributed by atoms with Crippen LogP contribution >= 0.6 is 0 Å². The number of nitrogens with one attached hydrogen (secondary N) is 1. The van der Waals surface area contributed by atoms with Gasteiger partial charge >= 0.3 is 0 Å². The van der Waals surface area contributed by atoms with E-state index in [1.54, 1.807) is 0 Å². The number of hydrogen-bond donors (Lipinski definition) is 1. The summed E-state index contributed by atoms with van der Waals surface area (Å²) in [5.41, 5.74) is 1.32. The highest BCUT2D eigenvalue weighted by atomic mass is 16.3. The van der Waals surface area contributed by atoms with Crippen molar-refractivity contribution < 1.29 is 4.42 Å². The second-order valence-electron chi connectivity index (χ2n) is 5.32. The monoisotopic (exact) mass is 282 g/mol. The Labute approximate surface area is 125 Å². The summed E-state index contributed by atoms with van der Waals surface area (Å²) < 4.78 is 7.99. The predicted octanol–water partition coefficient (Wildman–Crippen LogP) is 3.98. The van der Waals surface area contributed by atoms with Gasteiger partial charge in [0.1, 0.15) is 11.5 Å². The first kappa shape index (κ1) is 14.0. The van der Waals surface area contributed by atoms with Crippen molar-refractivity contribution >= 4 is 10.9 Å². The van der Waals surface area contributed by atoms with Crippen LogP contribution in [0.1, 0.15) is 24.9 Å². The largest absolute Gasteiger partial charge is 0.465 e. The summed E-state index contributed by atoms with van der Waals surface area (Å²) in [6.07, 6.45) is 4.24. The molecule has 0 spiro atoms. The van der Waals surface area contributed by atoms with E-state index in [9.17, 15) is 0 Å². The lowest BCUT2D eigenvalue weighted by molar-refractivity contribution is 0.447. The molecule has 0 saturated heterocycles. The number of aryl methyl sites for hydroxylation is 2. The van der Waals surface area contributed by atoms with Crippen LogP contribution < -0.4 is 5.32 Å². The molecular weight excluding hydrogens is 260 g/mol. The smallest absolute Gasteiger partial charge is 0.117 e. The molecule has 0 atom stereocenters. The predicted molar refractivity (Wildman–Crippen MR) is 86.3 cm³/mol. The Morgan fingerprint density at radius 1 is 1.05 bits per heavy atom. The third-order valence-electron chi connectivity index (χ3n) is 3.80. The average molecular weight is 282 g/mol. The van der Waals surface area contributed by atoms with E-state index in [1.165, 1.54) is 10.9 Å². The molecule has 0 aliphatic rings. The van der Waals surface area contributed by atoms with E-state index in [4.69, 9.17) is 4.42 Å². The summed E-state index contributed by atoms with van der Waals surface area (Å²) in [6.45, 7) is 4.96. The van der Waals surface area contributed by atoms with E-state index in [1.807, 2.05) is 0 Å². The van der Waals surface area contributed by atoms with Crippen molar-refractivity contribution in [3.8, 4) is 0 Å². The zero-order valence-corrected chi connectivity index (χ0v) is 12.5. The van der Waals surface area contributed by atoms with Gasteiger partial charge in [-0.2, -0.15) is 0 Å². The molecule has 3 nitrogen and oxygen atoms in total. The zero-order chi connectivity index (χ0) is 14.5. The highest BCUT2D eigenvalue weighted by Gasteiger charge is 2.01. The summed E-state index contributed by atoms with van der Waals surface area (Å²) in [6, 6.07) is 14.8. The molecule has 1 aromatic carbocycles. The van der Waals surface area contributed by atoms with Gasteiger partial charge in [0.25, 0.3) is 0 Å². The van der Waals surface area contributed by atoms with Crippen LogP contribution in [-0.2, 0) is 19.5 Å². The molecule has 1 N–H and O–H groups in total. The molecule has 2 heterocycles. The van der Waals surface area contributed by atoms with Crippen LogP contribution in [0.5, 0.6) is 0 Å². The van der Waals surface area contributed by atoms with Crippen molar-refractivity contribution in [2.45, 2.75) is 32.9 Å². The molecule has 3 rings (SSSR count). The second-order valence-corrected chi connectivity index (χ2v) is 5.32. The van der Waals surface area contributed by atoms with Gasteiger partial charge in [-0.3, -0.25) is 0 Å². The van der Waals surface area contributed by atoms with Crippen LogP contribution in [0, 0.1) is 0 Å². The second kappa shape index (κ2) is 6.64. The van der Waals surface area contributed by atoms with Gasteiger partial charge in [0.2, 0.25) is 0 Å². The summed E-state index contributed by atoms with van der Waals surface area (Å²) in [5.74, 6) is 2.09. The molecule has 2 aromatic heterocycles. The van der Waals surface area contributed by atoms with E-state index >= 15 is 0 Å². The van der Waals surface area contributed by atoms with Gasteiger partial charge in [-0.15, -0.1) is 0 Å². The van der Waals surface area contributed by atoms with Gasteiger partial charge in [-0.05, 0) is 42.6 Å². The van der Waals surface area contributed by atoms with E-state index in [0.717, 1.165) is 44.0 Å². The number of rotatable bonds is 7. The Morgan fingerprint density at radius 3 is 2.76 bits per heavy atom. The van der Waals surface area contributed by atoms with Crippen molar-refractivity contribution in [3.63, 3.8) is 0 Å². The Morgan fingerprint density at radius 2 is 1.90 bits per heavy atom. The van der Waals surface area contributed by atoms with Crippen LogP contribution in [0.3, 0.4) is 0 Å². The first-order valence-corrected chi connectivity index (χ1v) is 7.69. The lowest BCUT2D eigenvalue weighted by Crippen LogP contribution is -2.16. The number of benzene rings is 1. The van der Waals surface area contributed by atoms with Crippen LogP contribution in [0.2, 0.25) is 0 Å². The molecule has 0 unspecified atom stereocenters. The molecule has 0 amide bonds. The van der Waals surface area contributed by atoms with Crippen LogP contribution in [0.4, 0.5) is 0 Å². The average Bonchev–Trinajstić information content (AvgIpc) is 3.14. The maximum Gasteiger partial charge on any atom is 0.117 e. The molecule has 0 bridgehead atoms. The molecule has 0 aliphatic heterocycles. The minimum absolute atomic E-state index is 0.812. The Hall–Kier alpha value is -2.00. The third-order valence-corrected chi connectivity index (χ3v) is 3.80. The fraction of sp³-hybridized carbons (Fsp3) is 0.333. The van der Waals surface area contributed by atoms with E-state index in [-0.39, 0.29) is 0 Å². The van der Waals surface area contributed by atoms with Crippen LogP contribution in [-0.4, -0.2) is 11.1 Å². The first-order valence-electron chi connectivity index (χ1n) is 7.69. The summed E-state index contributed by atoms with van der Waals surface area (Å²) in [7, 11) is 0. The van der Waals surface area contributed by atoms with Gasteiger partial charge in [0, 0.05) is 24.7 Å². The van der Waals surface area contributed by atoms with Crippen molar-refractivity contribution in [1.29, 1.82) is 0 Å². The number of fused-ring (bicyclic) bond motifs is 1. The number of para-hydroxylation sites is 1. The maximum atomic E-state index is 5.68. The molecular formula is C18H22N2O. The Bertz CT molecular complexity index is 696. The minimum Gasteiger partial charge on any atom is -0.465 e. The topological polar surface area (TPSA) is 30.1 Å². The van der Waals surface area contributed by atoms with Crippen molar-refractivity contribution in [3.05, 3.63) is 60.2 Å². The van der Waals surface area contributed by atoms with Crippen molar-refractivity contribution in [2.75, 3.05) is 6.54 Å². The molecule has 110 valence electrons. The van der Waals surface area contributed by atoms with Crippen molar-refractivity contribution in [2.24, 2.45) is 0 Å². The SMILES string of the molecule is CCc1ccc(CNCCCn2ccc3ccccc32)o1. The standard InChI is InChI=1S/C18H22N2O/c1-2-16-8-9-17(21-16)14-19-11-5-12-20-13-10-15-6-3-4-7-18(15)20/h3-4,6-10,13,19H,2,5,11-12,14H2,1H3. The van der Waals surface area contributed by atoms with Gasteiger partial charge in [-0.25, -0.2) is 0 Å². The fourth-order valence-corrected chi connectivity index (χ4v) is 2.63. The third kappa shape index (κ3) is 3.37. The van der Waals surface area contributed by atoms with E-state index < -0.39 is 0 Å². The summed E-state index contributed by atoms with van der Waals surface area (Å²) >= 11 is 0. The summed E-state index contributed by atoms with van der Waals surface area (Å²) in [4.78, 5) is 0. The summed E-state index contributed by atoms with van der Waals surface area (Å²) in [5, 5.41) is 4.76. The number of hydrogen-bond acceptors (Lipinski definition) is 2. The van der Waals surface area contributed by atoms with Crippen LogP contribution in [0.15, 0.2) is 53.1 Å². The van der Waals surface area contributed by atoms with Gasteiger partial charge in [0.05, 0.1) is 6.54 Å².